The molecule has 1 aromatic carbocycles. The third kappa shape index (κ3) is 2.48. The molecule has 0 aliphatic heterocycles. The number of hydrogen-bond acceptors (Lipinski definition) is 3. The van der Waals surface area contributed by atoms with Crippen molar-refractivity contribution in [3.8, 4) is 0 Å². The summed E-state index contributed by atoms with van der Waals surface area (Å²) in [6.45, 7) is 0.0305. The van der Waals surface area contributed by atoms with Gasteiger partial charge in [-0.25, -0.2) is 19.5 Å². The normalized spacial score (nSPS) is 10.3. The first-order valence-corrected chi connectivity index (χ1v) is 4.09. The minimum atomic E-state index is -1.51. The molecular formula is C9H9F2NO3. The quantitative estimate of drug-likeness (QED) is 0.740. The second kappa shape index (κ2) is 4.81. The summed E-state index contributed by atoms with van der Waals surface area (Å²) in [7, 11) is 0. The third-order valence-corrected chi connectivity index (χ3v) is 1.88. The van der Waals surface area contributed by atoms with E-state index in [9.17, 15) is 13.6 Å². The van der Waals surface area contributed by atoms with Crippen molar-refractivity contribution in [3.63, 3.8) is 0 Å². The molecule has 0 amide bonds. The molecule has 82 valence electrons. The number of nitrogens with two attached hydrogens (primary N) is 1. The Hall–Kier alpha value is -1.53. The molecule has 3 N–H and O–H groups in total. The van der Waals surface area contributed by atoms with Crippen LogP contribution >= 0.6 is 0 Å². The lowest BCUT2D eigenvalue weighted by molar-refractivity contribution is 0.0690. The van der Waals surface area contributed by atoms with Gasteiger partial charge in [0.2, 0.25) is 0 Å². The Labute approximate surface area is 84.2 Å². The van der Waals surface area contributed by atoms with Gasteiger partial charge >= 0.3 is 5.97 Å². The van der Waals surface area contributed by atoms with Crippen molar-refractivity contribution in [2.24, 2.45) is 5.90 Å². The Morgan fingerprint density at radius 1 is 1.40 bits per heavy atom. The van der Waals surface area contributed by atoms with E-state index in [-0.39, 0.29) is 18.6 Å². The van der Waals surface area contributed by atoms with Crippen LogP contribution in [0.2, 0.25) is 0 Å². The first-order valence-electron chi connectivity index (χ1n) is 4.09. The minimum absolute atomic E-state index is 0.0305. The van der Waals surface area contributed by atoms with Gasteiger partial charge in [-0.05, 0) is 11.6 Å². The molecule has 4 nitrogen and oxygen atoms in total. The molecule has 0 aliphatic carbocycles. The Kier molecular flexibility index (Phi) is 3.70. The molecule has 1 rings (SSSR count). The Morgan fingerprint density at radius 2 is 2.07 bits per heavy atom. The van der Waals surface area contributed by atoms with E-state index < -0.39 is 23.2 Å². The predicted molar refractivity (Wildman–Crippen MR) is 47.2 cm³/mol. The Morgan fingerprint density at radius 3 is 2.60 bits per heavy atom. The van der Waals surface area contributed by atoms with Gasteiger partial charge in [0.1, 0.15) is 0 Å². The summed E-state index contributed by atoms with van der Waals surface area (Å²) in [5.41, 5.74) is -0.659. The van der Waals surface area contributed by atoms with Crippen LogP contribution in [0, 0.1) is 11.6 Å². The highest BCUT2D eigenvalue weighted by atomic mass is 19.2. The first-order chi connectivity index (χ1) is 7.07. The van der Waals surface area contributed by atoms with E-state index in [0.29, 0.717) is 0 Å². The van der Waals surface area contributed by atoms with Gasteiger partial charge in [0.15, 0.2) is 11.6 Å². The van der Waals surface area contributed by atoms with Crippen molar-refractivity contribution >= 4 is 5.97 Å². The van der Waals surface area contributed by atoms with E-state index in [4.69, 9.17) is 11.0 Å². The van der Waals surface area contributed by atoms with E-state index in [2.05, 4.69) is 4.84 Å². The third-order valence-electron chi connectivity index (χ3n) is 1.88. The molecule has 0 saturated carbocycles. The molecule has 0 unspecified atom stereocenters. The highest BCUT2D eigenvalue weighted by Crippen LogP contribution is 2.16. The summed E-state index contributed by atoms with van der Waals surface area (Å²) < 4.78 is 26.3. The van der Waals surface area contributed by atoms with Gasteiger partial charge in [-0.1, -0.05) is 6.07 Å². The maximum absolute atomic E-state index is 13.2. The molecule has 0 aromatic heterocycles. The number of aromatic carboxylic acids is 1. The van der Waals surface area contributed by atoms with Crippen molar-refractivity contribution in [2.45, 2.75) is 6.42 Å². The molecule has 0 radical (unpaired) electrons. The fourth-order valence-corrected chi connectivity index (χ4v) is 1.12. The SMILES string of the molecule is NOCCc1ccc(C(=O)O)c(F)c1F. The van der Waals surface area contributed by atoms with Crippen molar-refractivity contribution in [2.75, 3.05) is 6.61 Å². The minimum Gasteiger partial charge on any atom is -0.478 e. The number of carbonyl (C=O) groups is 1. The fourth-order valence-electron chi connectivity index (χ4n) is 1.12. The van der Waals surface area contributed by atoms with Crippen molar-refractivity contribution in [1.82, 2.24) is 0 Å². The van der Waals surface area contributed by atoms with E-state index >= 15 is 0 Å². The van der Waals surface area contributed by atoms with Gasteiger partial charge in [0, 0.05) is 6.42 Å². The highest BCUT2D eigenvalue weighted by molar-refractivity contribution is 5.88. The van der Waals surface area contributed by atoms with Gasteiger partial charge in [-0.3, -0.25) is 0 Å². The first kappa shape index (κ1) is 11.5. The Balaban J connectivity index is 3.04. The molecule has 0 aliphatic rings. The zero-order chi connectivity index (χ0) is 11.4. The van der Waals surface area contributed by atoms with Crippen LogP contribution in [-0.4, -0.2) is 17.7 Å². The van der Waals surface area contributed by atoms with Gasteiger partial charge < -0.3 is 9.94 Å². The Bertz CT molecular complexity index is 382. The van der Waals surface area contributed by atoms with Crippen molar-refractivity contribution < 1.29 is 23.5 Å². The second-order valence-corrected chi connectivity index (χ2v) is 2.83. The van der Waals surface area contributed by atoms with Gasteiger partial charge in [-0.2, -0.15) is 0 Å². The van der Waals surface area contributed by atoms with Crippen LogP contribution in [0.4, 0.5) is 8.78 Å². The average Bonchev–Trinajstić information content (AvgIpc) is 2.20. The maximum Gasteiger partial charge on any atom is 0.338 e. The van der Waals surface area contributed by atoms with Crippen LogP contribution in [0.3, 0.4) is 0 Å². The van der Waals surface area contributed by atoms with E-state index in [1.807, 2.05) is 0 Å². The molecular weight excluding hydrogens is 208 g/mol. The average molecular weight is 217 g/mol. The van der Waals surface area contributed by atoms with Gasteiger partial charge in [0.25, 0.3) is 0 Å². The zero-order valence-corrected chi connectivity index (χ0v) is 7.67. The summed E-state index contributed by atoms with van der Waals surface area (Å²) in [6, 6.07) is 2.20. The molecule has 0 fully saturated rings. The lowest BCUT2D eigenvalue weighted by Crippen LogP contribution is -2.09. The highest BCUT2D eigenvalue weighted by Gasteiger charge is 2.17. The monoisotopic (exact) mass is 217 g/mol. The smallest absolute Gasteiger partial charge is 0.338 e. The molecule has 0 saturated heterocycles. The number of halogens is 2. The summed E-state index contributed by atoms with van der Waals surface area (Å²) in [6.07, 6.45) is 0.0825. The molecule has 6 heteroatoms. The topological polar surface area (TPSA) is 72.5 Å². The molecule has 0 heterocycles. The zero-order valence-electron chi connectivity index (χ0n) is 7.67. The largest absolute Gasteiger partial charge is 0.478 e. The standard InChI is InChI=1S/C9H9F2NO3/c10-7-5(3-4-15-12)1-2-6(8(7)11)9(13)14/h1-2H,3-4,12H2,(H,13,14). The van der Waals surface area contributed by atoms with Crippen LogP contribution in [0.15, 0.2) is 12.1 Å². The molecule has 0 spiro atoms. The number of benzene rings is 1. The fraction of sp³-hybridized carbons (Fsp3) is 0.222. The molecule has 0 bridgehead atoms. The van der Waals surface area contributed by atoms with Gasteiger partial charge in [-0.15, -0.1) is 0 Å². The van der Waals surface area contributed by atoms with E-state index in [1.54, 1.807) is 0 Å². The van der Waals surface area contributed by atoms with Crippen LogP contribution in [0.25, 0.3) is 0 Å². The second-order valence-electron chi connectivity index (χ2n) is 2.83. The van der Waals surface area contributed by atoms with Gasteiger partial charge in [0.05, 0.1) is 12.2 Å². The van der Waals surface area contributed by atoms with Crippen molar-refractivity contribution in [3.05, 3.63) is 34.9 Å². The lowest BCUT2D eigenvalue weighted by Gasteiger charge is -2.05. The van der Waals surface area contributed by atoms with Crippen molar-refractivity contribution in [1.29, 1.82) is 0 Å². The summed E-state index contributed by atoms with van der Waals surface area (Å²) in [5.74, 6) is 0.688. The summed E-state index contributed by atoms with van der Waals surface area (Å²) >= 11 is 0. The predicted octanol–water partition coefficient (Wildman–Crippen LogP) is 1.10. The van der Waals surface area contributed by atoms with E-state index in [1.165, 1.54) is 6.07 Å². The summed E-state index contributed by atoms with van der Waals surface area (Å²) in [4.78, 5) is 14.7. The number of carboxylic acids is 1. The molecule has 15 heavy (non-hydrogen) atoms. The molecule has 0 atom stereocenters. The maximum atomic E-state index is 13.2. The van der Waals surface area contributed by atoms with E-state index in [0.717, 1.165) is 6.07 Å². The number of rotatable bonds is 4. The number of hydrogen-bond donors (Lipinski definition) is 2. The van der Waals surface area contributed by atoms with Crippen LogP contribution in [-0.2, 0) is 11.3 Å². The van der Waals surface area contributed by atoms with Crippen LogP contribution < -0.4 is 5.90 Å². The van der Waals surface area contributed by atoms with Crippen LogP contribution in [0.1, 0.15) is 15.9 Å². The molecule has 1 aromatic rings. The lowest BCUT2D eigenvalue weighted by atomic mass is 10.1. The summed E-state index contributed by atoms with van der Waals surface area (Å²) in [5, 5.41) is 8.51. The number of carboxylic acid groups (broad SMARTS) is 1. The van der Waals surface area contributed by atoms with Crippen LogP contribution in [0.5, 0.6) is 0 Å².